The lowest BCUT2D eigenvalue weighted by molar-refractivity contribution is -0.115. The number of carbonyl (C=O) groups excluding carboxylic acids is 1. The zero-order valence-electron chi connectivity index (χ0n) is 10.8. The van der Waals surface area contributed by atoms with Crippen LogP contribution in [-0.2, 0) is 4.79 Å². The summed E-state index contributed by atoms with van der Waals surface area (Å²) in [6.07, 6.45) is 0. The van der Waals surface area contributed by atoms with Crippen molar-refractivity contribution < 1.29 is 4.79 Å². The Morgan fingerprint density at radius 1 is 1.18 bits per heavy atom. The summed E-state index contributed by atoms with van der Waals surface area (Å²) in [6.45, 7) is 4.09. The zero-order valence-corrected chi connectivity index (χ0v) is 10.8. The molecule has 0 aromatic heterocycles. The van der Waals surface area contributed by atoms with Gasteiger partial charge >= 0.3 is 0 Å². The molecule has 0 fully saturated rings. The average Bonchev–Trinajstić information content (AvgIpc) is 2.51. The molecule has 0 bridgehead atoms. The largest absolute Gasteiger partial charge is 0.373 e. The lowest BCUT2D eigenvalue weighted by Crippen LogP contribution is -2.34. The molecule has 1 unspecified atom stereocenters. The molecule has 90 valence electrons. The van der Waals surface area contributed by atoms with E-state index in [1.54, 1.807) is 0 Å². The summed E-state index contributed by atoms with van der Waals surface area (Å²) in [5.74, 6) is 0.0891. The van der Waals surface area contributed by atoms with Crippen LogP contribution in [0, 0.1) is 0 Å². The van der Waals surface area contributed by atoms with Crippen LogP contribution in [0.15, 0.2) is 41.6 Å². The van der Waals surface area contributed by atoms with Gasteiger partial charge in [0.25, 0.3) is 5.91 Å². The number of carbonyl (C=O) groups is 1. The fraction of sp³-hybridized carbons (Fsp3) is 0.357. The third-order valence-electron chi connectivity index (χ3n) is 3.29. The Hall–Kier alpha value is -1.77. The highest BCUT2D eigenvalue weighted by atomic mass is 16.2. The van der Waals surface area contributed by atoms with Gasteiger partial charge in [-0.25, -0.2) is 0 Å². The molecule has 0 radical (unpaired) electrons. The molecule has 0 aliphatic carbocycles. The molecule has 1 aromatic rings. The van der Waals surface area contributed by atoms with E-state index in [0.717, 1.165) is 17.0 Å². The first-order chi connectivity index (χ1) is 8.04. The number of amides is 1. The molecule has 2 rings (SSSR count). The summed E-state index contributed by atoms with van der Waals surface area (Å²) < 4.78 is 0. The van der Waals surface area contributed by atoms with Crippen molar-refractivity contribution in [2.75, 3.05) is 19.0 Å². The summed E-state index contributed by atoms with van der Waals surface area (Å²) in [7, 11) is 3.83. The highest BCUT2D eigenvalue weighted by Gasteiger charge is 2.36. The smallest absolute Gasteiger partial charge is 0.275 e. The second-order valence-corrected chi connectivity index (χ2v) is 4.61. The van der Waals surface area contributed by atoms with Crippen LogP contribution in [0.5, 0.6) is 0 Å². The fourth-order valence-electron chi connectivity index (χ4n) is 2.32. The Labute approximate surface area is 102 Å². The highest BCUT2D eigenvalue weighted by molar-refractivity contribution is 6.09. The van der Waals surface area contributed by atoms with Gasteiger partial charge < -0.3 is 9.80 Å². The predicted octanol–water partition coefficient (Wildman–Crippen LogP) is 2.26. The third kappa shape index (κ3) is 1.82. The van der Waals surface area contributed by atoms with Gasteiger partial charge in [-0.2, -0.15) is 0 Å². The van der Waals surface area contributed by atoms with Gasteiger partial charge in [0.15, 0.2) is 0 Å². The first kappa shape index (κ1) is 11.7. The van der Waals surface area contributed by atoms with E-state index in [4.69, 9.17) is 0 Å². The maximum atomic E-state index is 12.4. The van der Waals surface area contributed by atoms with Crippen LogP contribution in [0.4, 0.5) is 5.69 Å². The fourth-order valence-corrected chi connectivity index (χ4v) is 2.32. The number of nitrogens with zero attached hydrogens (tertiary/aromatic N) is 2. The summed E-state index contributed by atoms with van der Waals surface area (Å²) in [4.78, 5) is 16.1. The zero-order chi connectivity index (χ0) is 12.6. The van der Waals surface area contributed by atoms with Gasteiger partial charge in [-0.05, 0) is 31.6 Å². The van der Waals surface area contributed by atoms with Crippen LogP contribution in [0.2, 0.25) is 0 Å². The van der Waals surface area contributed by atoms with Crippen LogP contribution in [0.25, 0.3) is 0 Å². The Balaban J connectivity index is 2.40. The molecule has 1 atom stereocenters. The third-order valence-corrected chi connectivity index (χ3v) is 3.29. The molecule has 1 aliphatic rings. The van der Waals surface area contributed by atoms with Crippen LogP contribution < -0.4 is 4.90 Å². The quantitative estimate of drug-likeness (QED) is 0.778. The van der Waals surface area contributed by atoms with Crippen molar-refractivity contribution in [3.8, 4) is 0 Å². The molecular weight excluding hydrogens is 212 g/mol. The second kappa shape index (κ2) is 4.24. The normalized spacial score (nSPS) is 20.1. The minimum Gasteiger partial charge on any atom is -0.373 e. The number of para-hydroxylation sites is 1. The van der Waals surface area contributed by atoms with Crippen molar-refractivity contribution in [3.63, 3.8) is 0 Å². The maximum absolute atomic E-state index is 12.4. The Kier molecular flexibility index (Phi) is 2.92. The van der Waals surface area contributed by atoms with Crippen molar-refractivity contribution in [2.45, 2.75) is 19.9 Å². The average molecular weight is 230 g/mol. The van der Waals surface area contributed by atoms with Gasteiger partial charge in [-0.15, -0.1) is 0 Å². The first-order valence-corrected chi connectivity index (χ1v) is 5.80. The molecule has 3 heteroatoms. The van der Waals surface area contributed by atoms with Crippen LogP contribution in [0.1, 0.15) is 13.8 Å². The van der Waals surface area contributed by atoms with E-state index in [2.05, 4.69) is 6.92 Å². The van der Waals surface area contributed by atoms with Crippen molar-refractivity contribution in [1.29, 1.82) is 0 Å². The Morgan fingerprint density at radius 3 is 2.24 bits per heavy atom. The summed E-state index contributed by atoms with van der Waals surface area (Å²) in [5.41, 5.74) is 2.89. The summed E-state index contributed by atoms with van der Waals surface area (Å²) in [6, 6.07) is 9.95. The van der Waals surface area contributed by atoms with Gasteiger partial charge in [0.1, 0.15) is 5.70 Å². The summed E-state index contributed by atoms with van der Waals surface area (Å²) >= 11 is 0. The van der Waals surface area contributed by atoms with E-state index in [0.29, 0.717) is 0 Å². The van der Waals surface area contributed by atoms with Crippen molar-refractivity contribution >= 4 is 11.6 Å². The van der Waals surface area contributed by atoms with E-state index in [1.807, 2.05) is 61.2 Å². The number of likely N-dealkylation sites (N-methyl/N-ethyl adjacent to an activating group) is 1. The Morgan fingerprint density at radius 2 is 1.76 bits per heavy atom. The number of hydrogen-bond donors (Lipinski definition) is 0. The molecule has 0 saturated heterocycles. The lowest BCUT2D eigenvalue weighted by atomic mass is 10.1. The Bertz CT molecular complexity index is 462. The number of anilines is 1. The number of rotatable bonds is 2. The molecule has 1 amide bonds. The minimum atomic E-state index is 0.0891. The predicted molar refractivity (Wildman–Crippen MR) is 69.8 cm³/mol. The molecular formula is C14H18N2O. The van der Waals surface area contributed by atoms with Gasteiger partial charge in [0.2, 0.25) is 0 Å². The molecule has 17 heavy (non-hydrogen) atoms. The monoisotopic (exact) mass is 230 g/mol. The molecule has 3 nitrogen and oxygen atoms in total. The van der Waals surface area contributed by atoms with E-state index < -0.39 is 0 Å². The molecule has 0 spiro atoms. The van der Waals surface area contributed by atoms with Crippen LogP contribution in [0.3, 0.4) is 0 Å². The van der Waals surface area contributed by atoms with Crippen molar-refractivity contribution in [3.05, 3.63) is 41.6 Å². The first-order valence-electron chi connectivity index (χ1n) is 5.80. The SMILES string of the molecule is CC1=C(N(C)C)C(=O)N(c2ccccc2)C1C. The topological polar surface area (TPSA) is 23.6 Å². The molecule has 1 aromatic carbocycles. The molecule has 1 heterocycles. The summed E-state index contributed by atoms with van der Waals surface area (Å²) in [5, 5.41) is 0. The molecule has 1 aliphatic heterocycles. The van der Waals surface area contributed by atoms with E-state index in [1.165, 1.54) is 0 Å². The van der Waals surface area contributed by atoms with E-state index in [9.17, 15) is 4.79 Å². The molecule has 0 saturated carbocycles. The van der Waals surface area contributed by atoms with Crippen LogP contribution in [-0.4, -0.2) is 30.9 Å². The number of hydrogen-bond acceptors (Lipinski definition) is 2. The van der Waals surface area contributed by atoms with E-state index in [-0.39, 0.29) is 11.9 Å². The second-order valence-electron chi connectivity index (χ2n) is 4.61. The van der Waals surface area contributed by atoms with Gasteiger partial charge in [0.05, 0.1) is 6.04 Å². The van der Waals surface area contributed by atoms with Crippen LogP contribution >= 0.6 is 0 Å². The maximum Gasteiger partial charge on any atom is 0.275 e. The minimum absolute atomic E-state index is 0.0891. The van der Waals surface area contributed by atoms with Crippen molar-refractivity contribution in [1.82, 2.24) is 4.90 Å². The van der Waals surface area contributed by atoms with Gasteiger partial charge in [-0.3, -0.25) is 4.79 Å². The highest BCUT2D eigenvalue weighted by Crippen LogP contribution is 2.31. The van der Waals surface area contributed by atoms with E-state index >= 15 is 0 Å². The van der Waals surface area contributed by atoms with Gasteiger partial charge in [0, 0.05) is 19.8 Å². The van der Waals surface area contributed by atoms with Crippen molar-refractivity contribution in [2.24, 2.45) is 0 Å². The van der Waals surface area contributed by atoms with Gasteiger partial charge in [-0.1, -0.05) is 18.2 Å². The molecule has 0 N–H and O–H groups in total. The number of benzene rings is 1. The lowest BCUT2D eigenvalue weighted by Gasteiger charge is -2.23. The standard InChI is InChI=1S/C14H18N2O/c1-10-11(2)16(12-8-6-5-7-9-12)14(17)13(10)15(3)4/h5-9,11H,1-4H3.